The Morgan fingerprint density at radius 1 is 1.28 bits per heavy atom. The van der Waals surface area contributed by atoms with E-state index < -0.39 is 0 Å². The second-order valence-electron chi connectivity index (χ2n) is 6.90. The summed E-state index contributed by atoms with van der Waals surface area (Å²) >= 11 is 6.32. The number of nitrogens with one attached hydrogen (secondary N) is 2. The zero-order valence-electron chi connectivity index (χ0n) is 15.8. The van der Waals surface area contributed by atoms with Gasteiger partial charge in [0.15, 0.2) is 0 Å². The van der Waals surface area contributed by atoms with Crippen molar-refractivity contribution in [1.29, 1.82) is 0 Å². The van der Waals surface area contributed by atoms with Crippen molar-refractivity contribution in [2.75, 3.05) is 18.4 Å². The molecular weight excluding hydrogens is 394 g/mol. The SMILES string of the molecule is CC(=O)N1CCC(Nc2ncc(Cl)c(-c3cnn(-c4ccc(=O)[nH]c4)c3)n2)CC1. The molecule has 0 aliphatic carbocycles. The molecular formula is C19H20ClN7O2. The van der Waals surface area contributed by atoms with Crippen molar-refractivity contribution < 1.29 is 4.79 Å². The number of rotatable bonds is 4. The number of amides is 1. The van der Waals surface area contributed by atoms with E-state index in [2.05, 4.69) is 25.4 Å². The number of anilines is 1. The molecule has 1 saturated heterocycles. The molecule has 1 fully saturated rings. The number of likely N-dealkylation sites (tertiary alicyclic amines) is 1. The fourth-order valence-corrected chi connectivity index (χ4v) is 3.49. The van der Waals surface area contributed by atoms with Gasteiger partial charge in [0, 0.05) is 50.1 Å². The standard InChI is InChI=1S/C19H20ClN7O2/c1-12(28)26-6-4-14(5-7-26)24-19-22-10-16(20)18(25-19)13-8-23-27(11-13)15-2-3-17(29)21-9-15/h2-3,8-11,14H,4-7H2,1H3,(H,21,29)(H,22,24,25). The average Bonchev–Trinajstić information content (AvgIpc) is 3.20. The highest BCUT2D eigenvalue weighted by atomic mass is 35.5. The van der Waals surface area contributed by atoms with Crippen LogP contribution in [-0.4, -0.2) is 54.7 Å². The molecule has 0 saturated carbocycles. The maximum atomic E-state index is 11.5. The van der Waals surface area contributed by atoms with Gasteiger partial charge in [0.05, 0.1) is 28.8 Å². The van der Waals surface area contributed by atoms with E-state index in [4.69, 9.17) is 11.6 Å². The van der Waals surface area contributed by atoms with Gasteiger partial charge in [-0.2, -0.15) is 5.10 Å². The quantitative estimate of drug-likeness (QED) is 0.678. The predicted octanol–water partition coefficient (Wildman–Crippen LogP) is 2.09. The first kappa shape index (κ1) is 19.1. The van der Waals surface area contributed by atoms with Crippen LogP contribution >= 0.6 is 11.6 Å². The summed E-state index contributed by atoms with van der Waals surface area (Å²) in [6.07, 6.45) is 8.27. The lowest BCUT2D eigenvalue weighted by Crippen LogP contribution is -2.41. The summed E-state index contributed by atoms with van der Waals surface area (Å²) in [6.45, 7) is 3.04. The fourth-order valence-electron chi connectivity index (χ4n) is 3.29. The van der Waals surface area contributed by atoms with Gasteiger partial charge < -0.3 is 15.2 Å². The van der Waals surface area contributed by atoms with Crippen molar-refractivity contribution in [1.82, 2.24) is 29.6 Å². The van der Waals surface area contributed by atoms with E-state index in [1.807, 2.05) is 4.90 Å². The van der Waals surface area contributed by atoms with Gasteiger partial charge in [-0.15, -0.1) is 0 Å². The first-order chi connectivity index (χ1) is 14.0. The minimum absolute atomic E-state index is 0.105. The third-order valence-corrected chi connectivity index (χ3v) is 5.18. The van der Waals surface area contributed by atoms with Gasteiger partial charge in [-0.1, -0.05) is 11.6 Å². The molecule has 4 rings (SSSR count). The highest BCUT2D eigenvalue weighted by molar-refractivity contribution is 6.32. The van der Waals surface area contributed by atoms with Gasteiger partial charge in [0.25, 0.3) is 0 Å². The van der Waals surface area contributed by atoms with Crippen LogP contribution in [0.15, 0.2) is 41.7 Å². The fraction of sp³-hybridized carbons (Fsp3) is 0.316. The Labute approximate surface area is 171 Å². The predicted molar refractivity (Wildman–Crippen MR) is 109 cm³/mol. The van der Waals surface area contributed by atoms with Gasteiger partial charge in [-0.25, -0.2) is 14.6 Å². The summed E-state index contributed by atoms with van der Waals surface area (Å²) < 4.78 is 1.63. The first-order valence-electron chi connectivity index (χ1n) is 9.28. The molecule has 0 aromatic carbocycles. The van der Waals surface area contributed by atoms with Gasteiger partial charge in [0.1, 0.15) is 0 Å². The Bertz CT molecular complexity index is 1070. The van der Waals surface area contributed by atoms with Gasteiger partial charge >= 0.3 is 0 Å². The number of aromatic amines is 1. The number of pyridine rings is 1. The van der Waals surface area contributed by atoms with Crippen LogP contribution in [0.4, 0.5) is 5.95 Å². The molecule has 1 aliphatic heterocycles. The van der Waals surface area contributed by atoms with E-state index in [1.54, 1.807) is 42.5 Å². The zero-order chi connectivity index (χ0) is 20.4. The zero-order valence-corrected chi connectivity index (χ0v) is 16.6. The Morgan fingerprint density at radius 3 is 2.76 bits per heavy atom. The van der Waals surface area contributed by atoms with Crippen molar-refractivity contribution in [3.8, 4) is 16.9 Å². The number of carbonyl (C=O) groups excluding carboxylic acids is 1. The number of aromatic nitrogens is 5. The van der Waals surface area contributed by atoms with Gasteiger partial charge in [-0.3, -0.25) is 9.59 Å². The highest BCUT2D eigenvalue weighted by Gasteiger charge is 2.21. The van der Waals surface area contributed by atoms with E-state index >= 15 is 0 Å². The lowest BCUT2D eigenvalue weighted by molar-refractivity contribution is -0.129. The number of nitrogens with zero attached hydrogens (tertiary/aromatic N) is 5. The lowest BCUT2D eigenvalue weighted by Gasteiger charge is -2.31. The summed E-state index contributed by atoms with van der Waals surface area (Å²) in [7, 11) is 0. The number of carbonyl (C=O) groups is 1. The largest absolute Gasteiger partial charge is 0.351 e. The molecule has 150 valence electrons. The highest BCUT2D eigenvalue weighted by Crippen LogP contribution is 2.27. The minimum atomic E-state index is -0.176. The van der Waals surface area contributed by atoms with E-state index in [1.165, 1.54) is 6.07 Å². The maximum absolute atomic E-state index is 11.5. The Hall–Kier alpha value is -3.20. The molecule has 1 amide bonds. The van der Waals surface area contributed by atoms with Crippen molar-refractivity contribution in [2.45, 2.75) is 25.8 Å². The summed E-state index contributed by atoms with van der Waals surface area (Å²) in [5.41, 5.74) is 1.85. The molecule has 0 unspecified atom stereocenters. The second kappa shape index (κ2) is 8.04. The van der Waals surface area contributed by atoms with Crippen LogP contribution in [0.25, 0.3) is 16.9 Å². The molecule has 3 aromatic heterocycles. The third kappa shape index (κ3) is 4.29. The van der Waals surface area contributed by atoms with E-state index in [-0.39, 0.29) is 17.5 Å². The van der Waals surface area contributed by atoms with Crippen molar-refractivity contribution in [3.63, 3.8) is 0 Å². The molecule has 0 bridgehead atoms. The van der Waals surface area contributed by atoms with E-state index in [0.717, 1.165) is 37.2 Å². The summed E-state index contributed by atoms with van der Waals surface area (Å²) in [5.74, 6) is 0.593. The maximum Gasteiger partial charge on any atom is 0.248 e. The smallest absolute Gasteiger partial charge is 0.248 e. The molecule has 10 heteroatoms. The molecule has 0 radical (unpaired) electrons. The molecule has 0 atom stereocenters. The first-order valence-corrected chi connectivity index (χ1v) is 9.66. The molecule has 9 nitrogen and oxygen atoms in total. The van der Waals surface area contributed by atoms with Crippen LogP contribution < -0.4 is 10.9 Å². The molecule has 2 N–H and O–H groups in total. The Balaban J connectivity index is 1.51. The Kier molecular flexibility index (Phi) is 5.30. The Morgan fingerprint density at radius 2 is 2.07 bits per heavy atom. The monoisotopic (exact) mass is 413 g/mol. The number of halogens is 1. The molecule has 29 heavy (non-hydrogen) atoms. The van der Waals surface area contributed by atoms with Crippen LogP contribution in [0.1, 0.15) is 19.8 Å². The number of hydrogen-bond acceptors (Lipinski definition) is 6. The second-order valence-corrected chi connectivity index (χ2v) is 7.31. The lowest BCUT2D eigenvalue weighted by atomic mass is 10.1. The van der Waals surface area contributed by atoms with Crippen molar-refractivity contribution >= 4 is 23.5 Å². The minimum Gasteiger partial charge on any atom is -0.351 e. The summed E-state index contributed by atoms with van der Waals surface area (Å²) in [6, 6.07) is 3.31. The van der Waals surface area contributed by atoms with Crippen LogP contribution in [0.3, 0.4) is 0 Å². The van der Waals surface area contributed by atoms with E-state index in [0.29, 0.717) is 16.7 Å². The van der Waals surface area contributed by atoms with Crippen molar-refractivity contribution in [3.05, 3.63) is 52.3 Å². The normalized spacial score (nSPS) is 14.8. The van der Waals surface area contributed by atoms with E-state index in [9.17, 15) is 9.59 Å². The average molecular weight is 414 g/mol. The summed E-state index contributed by atoms with van der Waals surface area (Å²) in [5, 5.41) is 8.08. The molecule has 4 heterocycles. The number of hydrogen-bond donors (Lipinski definition) is 2. The van der Waals surface area contributed by atoms with Crippen LogP contribution in [0, 0.1) is 0 Å². The topological polar surface area (TPSA) is 109 Å². The molecule has 1 aliphatic rings. The summed E-state index contributed by atoms with van der Waals surface area (Å²) in [4.78, 5) is 36.0. The van der Waals surface area contributed by atoms with Crippen LogP contribution in [-0.2, 0) is 4.79 Å². The van der Waals surface area contributed by atoms with Crippen LogP contribution in [0.5, 0.6) is 0 Å². The number of H-pyrrole nitrogens is 1. The van der Waals surface area contributed by atoms with Gasteiger partial charge in [0.2, 0.25) is 17.4 Å². The van der Waals surface area contributed by atoms with Crippen molar-refractivity contribution in [2.24, 2.45) is 0 Å². The number of piperidine rings is 1. The molecule has 0 spiro atoms. The molecule has 3 aromatic rings. The van der Waals surface area contributed by atoms with Crippen LogP contribution in [0.2, 0.25) is 5.02 Å². The third-order valence-electron chi connectivity index (χ3n) is 4.91. The van der Waals surface area contributed by atoms with Gasteiger partial charge in [-0.05, 0) is 18.9 Å².